The number of thioether (sulfide) groups is 1. The van der Waals surface area contributed by atoms with E-state index in [2.05, 4.69) is 4.72 Å². The van der Waals surface area contributed by atoms with Crippen LogP contribution < -0.4 is 4.72 Å². The number of nitrogens with one attached hydrogen (secondary N) is 1. The van der Waals surface area contributed by atoms with Crippen LogP contribution in [0.3, 0.4) is 0 Å². The summed E-state index contributed by atoms with van der Waals surface area (Å²) in [5.74, 6) is -0.623. The average Bonchev–Trinajstić information content (AvgIpc) is 2.53. The maximum atomic E-state index is 13.6. The minimum Gasteiger partial charge on any atom is -0.301 e. The molecular weight excluding hydrogens is 337 g/mol. The fourth-order valence-corrected chi connectivity index (χ4v) is 3.14. The fraction of sp³-hybridized carbons (Fsp3) is 0.125. The van der Waals surface area contributed by atoms with Gasteiger partial charge in [0.25, 0.3) is 0 Å². The Morgan fingerprint density at radius 2 is 1.78 bits per heavy atom. The van der Waals surface area contributed by atoms with Gasteiger partial charge in [-0.05, 0) is 36.4 Å². The van der Waals surface area contributed by atoms with Crippen molar-refractivity contribution < 1.29 is 18.2 Å². The van der Waals surface area contributed by atoms with E-state index in [1.807, 2.05) is 0 Å². The largest absolute Gasteiger partial charge is 0.301 e. The third-order valence-corrected chi connectivity index (χ3v) is 4.83. The molecule has 1 N–H and O–H groups in total. The molecule has 2 aromatic rings. The number of Topliss-reactive ketones (excluding diaryl/α,β-unsaturated/α-hetero) is 1. The third-order valence-electron chi connectivity index (χ3n) is 2.86. The second kappa shape index (κ2) is 8.03. The van der Waals surface area contributed by atoms with Crippen LogP contribution in [0.1, 0.15) is 17.3 Å². The maximum Gasteiger partial charge on any atom is 0.186 e. The number of hydrogen-bond acceptors (Lipinski definition) is 4. The zero-order valence-electron chi connectivity index (χ0n) is 12.2. The summed E-state index contributed by atoms with van der Waals surface area (Å²) >= 11 is 0.954. The molecule has 0 aliphatic carbocycles. The summed E-state index contributed by atoms with van der Waals surface area (Å²) in [5.41, 5.74) is 0.961. The Morgan fingerprint density at radius 3 is 2.39 bits per heavy atom. The molecule has 0 spiro atoms. The number of halogens is 1. The molecule has 1 atom stereocenters. The molecule has 0 aliphatic rings. The monoisotopic (exact) mass is 351 g/mol. The van der Waals surface area contributed by atoms with Gasteiger partial charge in [0.2, 0.25) is 0 Å². The standard InChI is InChI=1S/C16H14FNO3S2/c1-11(19)22-10-15(20)12-6-8-13(9-7-12)18-23(21)16-5-3-2-4-14(16)17/h2-9,18H,10H2,1H3. The third kappa shape index (κ3) is 5.01. The van der Waals surface area contributed by atoms with E-state index in [4.69, 9.17) is 0 Å². The number of ketones is 1. The van der Waals surface area contributed by atoms with Gasteiger partial charge in [0.05, 0.1) is 10.6 Å². The van der Waals surface area contributed by atoms with Crippen molar-refractivity contribution in [1.82, 2.24) is 0 Å². The lowest BCUT2D eigenvalue weighted by atomic mass is 10.1. The molecule has 2 rings (SSSR count). The van der Waals surface area contributed by atoms with Gasteiger partial charge >= 0.3 is 0 Å². The van der Waals surface area contributed by atoms with Crippen molar-refractivity contribution in [2.75, 3.05) is 10.5 Å². The van der Waals surface area contributed by atoms with E-state index in [1.54, 1.807) is 30.3 Å². The summed E-state index contributed by atoms with van der Waals surface area (Å²) in [5, 5.41) is -0.114. The lowest BCUT2D eigenvalue weighted by Gasteiger charge is -2.07. The summed E-state index contributed by atoms with van der Waals surface area (Å²) in [6.07, 6.45) is 0. The quantitative estimate of drug-likeness (QED) is 0.810. The zero-order chi connectivity index (χ0) is 16.8. The summed E-state index contributed by atoms with van der Waals surface area (Å²) < 4.78 is 28.3. The van der Waals surface area contributed by atoms with Gasteiger partial charge in [0.1, 0.15) is 5.82 Å². The number of carbonyl (C=O) groups is 2. The van der Waals surface area contributed by atoms with Crippen LogP contribution in [0.2, 0.25) is 0 Å². The van der Waals surface area contributed by atoms with E-state index in [9.17, 15) is 18.2 Å². The summed E-state index contributed by atoms with van der Waals surface area (Å²) in [7, 11) is -1.73. The predicted octanol–water partition coefficient (Wildman–Crippen LogP) is 3.42. The van der Waals surface area contributed by atoms with E-state index in [-0.39, 0.29) is 21.5 Å². The lowest BCUT2D eigenvalue weighted by Crippen LogP contribution is -2.07. The Morgan fingerprint density at radius 1 is 1.13 bits per heavy atom. The molecule has 120 valence electrons. The van der Waals surface area contributed by atoms with Gasteiger partial charge in [-0.15, -0.1) is 0 Å². The first-order chi connectivity index (χ1) is 11.0. The molecule has 0 saturated heterocycles. The average molecular weight is 351 g/mol. The van der Waals surface area contributed by atoms with E-state index >= 15 is 0 Å². The molecule has 0 aliphatic heterocycles. The predicted molar refractivity (Wildman–Crippen MR) is 90.3 cm³/mol. The van der Waals surface area contributed by atoms with Crippen molar-refractivity contribution in [3.05, 3.63) is 59.9 Å². The molecule has 0 amide bonds. The Hall–Kier alpha value is -1.99. The van der Waals surface area contributed by atoms with Crippen molar-refractivity contribution in [1.29, 1.82) is 0 Å². The molecule has 4 nitrogen and oxygen atoms in total. The number of rotatable bonds is 6. The molecule has 0 saturated carbocycles. The first-order valence-corrected chi connectivity index (χ1v) is 8.80. The molecule has 0 radical (unpaired) electrons. The summed E-state index contributed by atoms with van der Waals surface area (Å²) in [6, 6.07) is 12.1. The molecule has 0 fully saturated rings. The smallest absolute Gasteiger partial charge is 0.186 e. The molecule has 0 bridgehead atoms. The number of carbonyl (C=O) groups excluding carboxylic acids is 2. The van der Waals surface area contributed by atoms with Crippen LogP contribution in [-0.4, -0.2) is 20.9 Å². The van der Waals surface area contributed by atoms with Crippen LogP contribution in [0.4, 0.5) is 10.1 Å². The lowest BCUT2D eigenvalue weighted by molar-refractivity contribution is -0.109. The van der Waals surface area contributed by atoms with E-state index in [0.717, 1.165) is 11.8 Å². The number of hydrogen-bond donors (Lipinski definition) is 1. The van der Waals surface area contributed by atoms with Gasteiger partial charge in [-0.3, -0.25) is 9.59 Å². The van der Waals surface area contributed by atoms with Crippen molar-refractivity contribution in [3.8, 4) is 0 Å². The second-order valence-corrected chi connectivity index (χ2v) is 6.92. The van der Waals surface area contributed by atoms with Gasteiger partial charge in [-0.25, -0.2) is 8.60 Å². The molecule has 1 unspecified atom stereocenters. The molecule has 23 heavy (non-hydrogen) atoms. The van der Waals surface area contributed by atoms with Crippen molar-refractivity contribution in [2.24, 2.45) is 0 Å². The van der Waals surface area contributed by atoms with E-state index in [1.165, 1.54) is 25.1 Å². The highest BCUT2D eigenvalue weighted by atomic mass is 32.2. The zero-order valence-corrected chi connectivity index (χ0v) is 13.9. The van der Waals surface area contributed by atoms with Crippen LogP contribution in [0.25, 0.3) is 0 Å². The summed E-state index contributed by atoms with van der Waals surface area (Å²) in [4.78, 5) is 22.8. The Labute approximate surface area is 140 Å². The highest BCUT2D eigenvalue weighted by Gasteiger charge is 2.11. The molecule has 2 aromatic carbocycles. The first kappa shape index (κ1) is 17.4. The van der Waals surface area contributed by atoms with Crippen LogP contribution in [-0.2, 0) is 15.8 Å². The summed E-state index contributed by atoms with van der Waals surface area (Å²) in [6.45, 7) is 1.41. The number of benzene rings is 2. The van der Waals surface area contributed by atoms with Gasteiger partial charge in [-0.2, -0.15) is 0 Å². The second-order valence-electron chi connectivity index (χ2n) is 4.58. The molecular formula is C16H14FNO3S2. The number of anilines is 1. The SMILES string of the molecule is CC(=O)SCC(=O)c1ccc(NS(=O)c2ccccc2F)cc1. The normalized spacial score (nSPS) is 11.7. The van der Waals surface area contributed by atoms with Gasteiger partial charge in [-0.1, -0.05) is 23.9 Å². The van der Waals surface area contributed by atoms with Gasteiger partial charge in [0, 0.05) is 18.2 Å². The molecule has 0 aromatic heterocycles. The maximum absolute atomic E-state index is 13.6. The van der Waals surface area contributed by atoms with Crippen molar-refractivity contribution in [3.63, 3.8) is 0 Å². The minimum absolute atomic E-state index is 0.0607. The van der Waals surface area contributed by atoms with E-state index < -0.39 is 16.8 Å². The highest BCUT2D eigenvalue weighted by molar-refractivity contribution is 8.14. The van der Waals surface area contributed by atoms with Crippen LogP contribution >= 0.6 is 11.8 Å². The first-order valence-electron chi connectivity index (χ1n) is 6.67. The molecule has 0 heterocycles. The van der Waals surface area contributed by atoms with Crippen molar-refractivity contribution >= 4 is 39.3 Å². The van der Waals surface area contributed by atoms with Crippen LogP contribution in [0, 0.1) is 5.82 Å². The van der Waals surface area contributed by atoms with Crippen LogP contribution in [0.5, 0.6) is 0 Å². The van der Waals surface area contributed by atoms with Crippen molar-refractivity contribution in [2.45, 2.75) is 11.8 Å². The fourth-order valence-electron chi connectivity index (χ4n) is 1.73. The Balaban J connectivity index is 2.03. The van der Waals surface area contributed by atoms with Gasteiger partial charge < -0.3 is 4.72 Å². The minimum atomic E-state index is -1.73. The Kier molecular flexibility index (Phi) is 6.06. The van der Waals surface area contributed by atoms with Gasteiger partial charge in [0.15, 0.2) is 21.9 Å². The molecule has 7 heteroatoms. The highest BCUT2D eigenvalue weighted by Crippen LogP contribution is 2.17. The topological polar surface area (TPSA) is 63.2 Å². The Bertz CT molecular complexity index is 747. The van der Waals surface area contributed by atoms with E-state index in [0.29, 0.717) is 11.3 Å². The van der Waals surface area contributed by atoms with Crippen LogP contribution in [0.15, 0.2) is 53.4 Å².